The number of hydrazine groups is 1. The lowest BCUT2D eigenvalue weighted by atomic mass is 10.7. The molecule has 1 fully saturated rings. The van der Waals surface area contributed by atoms with Crippen molar-refractivity contribution in [3.63, 3.8) is 0 Å². The molecular weight excluding hydrogens is 180 g/mol. The zero-order valence-corrected chi connectivity index (χ0v) is 11.0. The van der Waals surface area contributed by atoms with Gasteiger partial charge in [0.2, 0.25) is 0 Å². The summed E-state index contributed by atoms with van der Waals surface area (Å²) in [5, 5.41) is 2.40. The summed E-state index contributed by atoms with van der Waals surface area (Å²) in [7, 11) is 3.45. The van der Waals surface area contributed by atoms with E-state index in [2.05, 4.69) is 43.4 Å². The first-order valence-electron chi connectivity index (χ1n) is 4.69. The van der Waals surface area contributed by atoms with Crippen LogP contribution in [0.25, 0.3) is 0 Å². The molecule has 1 aliphatic rings. The Morgan fingerprint density at radius 3 is 2.25 bits per heavy atom. The fourth-order valence-corrected chi connectivity index (χ4v) is 11.9. The summed E-state index contributed by atoms with van der Waals surface area (Å²) in [5.41, 5.74) is 1.54. The first-order chi connectivity index (χ1) is 5.46. The van der Waals surface area contributed by atoms with Crippen molar-refractivity contribution >= 4 is 17.0 Å². The molecule has 0 spiro atoms. The zero-order chi connectivity index (χ0) is 9.35. The molecule has 4 heteroatoms. The van der Waals surface area contributed by atoms with Gasteiger partial charge >= 0.3 is 0 Å². The SMILES string of the molecule is CN1CC[Si](C)(C[Si](C)C)N1C. The Bertz CT molecular complexity index is 163. The minimum Gasteiger partial charge on any atom is -0.267 e. The summed E-state index contributed by atoms with van der Waals surface area (Å²) in [6.45, 7) is 8.70. The van der Waals surface area contributed by atoms with Crippen LogP contribution >= 0.6 is 0 Å². The van der Waals surface area contributed by atoms with Gasteiger partial charge in [0.15, 0.2) is 0 Å². The van der Waals surface area contributed by atoms with Gasteiger partial charge in [-0.1, -0.05) is 19.6 Å². The molecule has 1 saturated heterocycles. The molecule has 0 aromatic rings. The van der Waals surface area contributed by atoms with Crippen molar-refractivity contribution in [1.29, 1.82) is 0 Å². The molecule has 0 aromatic carbocycles. The van der Waals surface area contributed by atoms with Crippen molar-refractivity contribution < 1.29 is 0 Å². The van der Waals surface area contributed by atoms with E-state index < -0.39 is 8.24 Å². The highest BCUT2D eigenvalue weighted by Gasteiger charge is 2.40. The molecule has 1 rings (SSSR count). The second kappa shape index (κ2) is 3.61. The van der Waals surface area contributed by atoms with Gasteiger partial charge in [0, 0.05) is 22.4 Å². The molecule has 1 aliphatic heterocycles. The van der Waals surface area contributed by atoms with Gasteiger partial charge in [0.25, 0.3) is 0 Å². The number of hydrogen-bond donors (Lipinski definition) is 0. The van der Waals surface area contributed by atoms with E-state index in [9.17, 15) is 0 Å². The molecule has 0 saturated carbocycles. The third kappa shape index (κ3) is 1.99. The average Bonchev–Trinajstić information content (AvgIpc) is 2.16. The van der Waals surface area contributed by atoms with Crippen LogP contribution in [0.3, 0.4) is 0 Å². The molecule has 1 atom stereocenters. The molecular formula is C8H21N2Si2. The van der Waals surface area contributed by atoms with Gasteiger partial charge in [0.1, 0.15) is 8.24 Å². The molecule has 0 amide bonds. The highest BCUT2D eigenvalue weighted by molar-refractivity contribution is 6.87. The summed E-state index contributed by atoms with van der Waals surface area (Å²) >= 11 is 0. The lowest BCUT2D eigenvalue weighted by Crippen LogP contribution is -2.49. The molecule has 0 N–H and O–H groups in total. The van der Waals surface area contributed by atoms with Gasteiger partial charge in [-0.2, -0.15) is 0 Å². The average molecular weight is 201 g/mol. The first-order valence-corrected chi connectivity index (χ1v) is 10.3. The predicted molar refractivity (Wildman–Crippen MR) is 59.1 cm³/mol. The van der Waals surface area contributed by atoms with Crippen molar-refractivity contribution in [1.82, 2.24) is 9.68 Å². The lowest BCUT2D eigenvalue weighted by Gasteiger charge is -2.34. The van der Waals surface area contributed by atoms with Crippen LogP contribution in [0.2, 0.25) is 31.4 Å². The number of nitrogens with zero attached hydrogens (tertiary/aromatic N) is 2. The van der Waals surface area contributed by atoms with Crippen LogP contribution in [0.15, 0.2) is 0 Å². The van der Waals surface area contributed by atoms with E-state index in [1.807, 2.05) is 0 Å². The fraction of sp³-hybridized carbons (Fsp3) is 1.00. The first kappa shape index (κ1) is 10.4. The summed E-state index contributed by atoms with van der Waals surface area (Å²) in [4.78, 5) is 0. The zero-order valence-electron chi connectivity index (χ0n) is 9.02. The Labute approximate surface area is 79.2 Å². The molecule has 1 radical (unpaired) electrons. The van der Waals surface area contributed by atoms with Crippen molar-refractivity contribution in [2.45, 2.75) is 31.4 Å². The van der Waals surface area contributed by atoms with Gasteiger partial charge in [-0.15, -0.1) is 0 Å². The smallest absolute Gasteiger partial charge is 0.141 e. The predicted octanol–water partition coefficient (Wildman–Crippen LogP) is 1.65. The third-order valence-corrected chi connectivity index (χ3v) is 12.1. The second-order valence-corrected chi connectivity index (χ2v) is 12.5. The molecule has 0 aliphatic carbocycles. The van der Waals surface area contributed by atoms with Gasteiger partial charge in [-0.05, 0) is 18.8 Å². The van der Waals surface area contributed by atoms with Crippen molar-refractivity contribution in [2.24, 2.45) is 0 Å². The van der Waals surface area contributed by atoms with E-state index in [4.69, 9.17) is 0 Å². The molecule has 1 unspecified atom stereocenters. The normalized spacial score (nSPS) is 33.5. The van der Waals surface area contributed by atoms with Gasteiger partial charge in [-0.25, -0.2) is 0 Å². The van der Waals surface area contributed by atoms with E-state index in [1.165, 1.54) is 12.6 Å². The maximum atomic E-state index is 2.56. The molecule has 1 heterocycles. The Balaban J connectivity index is 2.59. The largest absolute Gasteiger partial charge is 0.267 e. The second-order valence-electron chi connectivity index (χ2n) is 4.54. The minimum atomic E-state index is -1.01. The maximum absolute atomic E-state index is 2.56. The summed E-state index contributed by atoms with van der Waals surface area (Å²) < 4.78 is 2.56. The van der Waals surface area contributed by atoms with Crippen LogP contribution in [-0.4, -0.2) is 47.4 Å². The van der Waals surface area contributed by atoms with E-state index >= 15 is 0 Å². The Morgan fingerprint density at radius 1 is 1.33 bits per heavy atom. The van der Waals surface area contributed by atoms with Gasteiger partial charge in [-0.3, -0.25) is 9.68 Å². The van der Waals surface area contributed by atoms with Crippen LogP contribution in [0.1, 0.15) is 0 Å². The molecule has 2 nitrogen and oxygen atoms in total. The Morgan fingerprint density at radius 2 is 1.92 bits per heavy atom. The third-order valence-electron chi connectivity index (χ3n) is 3.00. The summed E-state index contributed by atoms with van der Waals surface area (Å²) in [6.07, 6.45) is 0. The van der Waals surface area contributed by atoms with Crippen LogP contribution in [0, 0.1) is 0 Å². The molecule has 0 aromatic heterocycles. The topological polar surface area (TPSA) is 6.48 Å². The van der Waals surface area contributed by atoms with Crippen LogP contribution < -0.4 is 0 Å². The van der Waals surface area contributed by atoms with Crippen molar-refractivity contribution in [3.05, 3.63) is 0 Å². The van der Waals surface area contributed by atoms with Crippen LogP contribution in [0.5, 0.6) is 0 Å². The fourth-order valence-electron chi connectivity index (χ4n) is 2.09. The maximum Gasteiger partial charge on any atom is 0.141 e. The standard InChI is InChI=1S/C8H21N2Si2/c1-9-6-7-12(5,10(9)2)8-11(3)4/h6-8H2,1-5H3. The Hall–Kier alpha value is 0.354. The minimum absolute atomic E-state index is 0.0378. The van der Waals surface area contributed by atoms with Crippen molar-refractivity contribution in [3.8, 4) is 0 Å². The number of hydrogen-bond acceptors (Lipinski definition) is 2. The van der Waals surface area contributed by atoms with E-state index in [-0.39, 0.29) is 8.80 Å². The van der Waals surface area contributed by atoms with Gasteiger partial charge in [0.05, 0.1) is 0 Å². The molecule has 71 valence electrons. The van der Waals surface area contributed by atoms with E-state index in [1.54, 1.807) is 5.67 Å². The molecule has 0 bridgehead atoms. The summed E-state index contributed by atoms with van der Waals surface area (Å²) in [6, 6.07) is 1.47. The Kier molecular flexibility index (Phi) is 3.14. The molecule has 12 heavy (non-hydrogen) atoms. The lowest BCUT2D eigenvalue weighted by molar-refractivity contribution is 0.146. The van der Waals surface area contributed by atoms with Crippen LogP contribution in [-0.2, 0) is 0 Å². The van der Waals surface area contributed by atoms with E-state index in [0.717, 1.165) is 0 Å². The highest BCUT2D eigenvalue weighted by Crippen LogP contribution is 2.27. The monoisotopic (exact) mass is 201 g/mol. The van der Waals surface area contributed by atoms with Crippen molar-refractivity contribution in [2.75, 3.05) is 20.6 Å². The number of rotatable bonds is 2. The van der Waals surface area contributed by atoms with Crippen LogP contribution in [0.4, 0.5) is 0 Å². The summed E-state index contributed by atoms with van der Waals surface area (Å²) in [5.74, 6) is 0. The highest BCUT2D eigenvalue weighted by atomic mass is 28.4. The van der Waals surface area contributed by atoms with E-state index in [0.29, 0.717) is 0 Å². The van der Waals surface area contributed by atoms with Gasteiger partial charge < -0.3 is 0 Å². The quantitative estimate of drug-likeness (QED) is 0.627.